The van der Waals surface area contributed by atoms with Crippen molar-refractivity contribution >= 4 is 15.7 Å². The zero-order chi connectivity index (χ0) is 15.5. The van der Waals surface area contributed by atoms with Gasteiger partial charge in [0.05, 0.1) is 7.11 Å². The summed E-state index contributed by atoms with van der Waals surface area (Å²) in [4.78, 5) is 0.0713. The first kappa shape index (κ1) is 15.3. The first-order valence-electron chi connectivity index (χ1n) is 6.45. The zero-order valence-corrected chi connectivity index (χ0v) is 12.7. The van der Waals surface area contributed by atoms with E-state index in [1.807, 2.05) is 30.3 Å². The van der Waals surface area contributed by atoms with Crippen LogP contribution < -0.4 is 15.2 Å². The molecule has 6 heteroatoms. The molecule has 0 amide bonds. The van der Waals surface area contributed by atoms with E-state index in [0.717, 1.165) is 5.56 Å². The van der Waals surface area contributed by atoms with E-state index in [0.29, 0.717) is 5.69 Å². The van der Waals surface area contributed by atoms with Crippen LogP contribution in [-0.2, 0) is 10.0 Å². The Hall–Kier alpha value is -2.05. The van der Waals surface area contributed by atoms with Gasteiger partial charge in [-0.2, -0.15) is 0 Å². The molecule has 1 atom stereocenters. The molecule has 0 aliphatic carbocycles. The van der Waals surface area contributed by atoms with Crippen LogP contribution in [0.4, 0.5) is 5.69 Å². The van der Waals surface area contributed by atoms with Crippen LogP contribution in [0.25, 0.3) is 0 Å². The molecule has 0 unspecified atom stereocenters. The molecule has 0 fully saturated rings. The van der Waals surface area contributed by atoms with Gasteiger partial charge in [0.15, 0.2) is 0 Å². The average Bonchev–Trinajstić information content (AvgIpc) is 2.47. The molecule has 0 aliphatic heterocycles. The number of anilines is 1. The number of ether oxygens (including phenoxy) is 1. The second-order valence-corrected chi connectivity index (χ2v) is 6.35. The molecule has 0 saturated carbocycles. The van der Waals surface area contributed by atoms with E-state index in [1.165, 1.54) is 25.3 Å². The Morgan fingerprint density at radius 3 is 2.43 bits per heavy atom. The number of hydrogen-bond donors (Lipinski definition) is 2. The molecule has 2 aromatic rings. The molecule has 0 heterocycles. The van der Waals surface area contributed by atoms with Crippen molar-refractivity contribution in [3.05, 3.63) is 54.1 Å². The molecular weight excluding hydrogens is 288 g/mol. The highest BCUT2D eigenvalue weighted by Crippen LogP contribution is 2.27. The minimum absolute atomic E-state index is 0.0713. The molecule has 3 N–H and O–H groups in total. The molecule has 0 radical (unpaired) electrons. The molecular formula is C15H18N2O3S. The summed E-state index contributed by atoms with van der Waals surface area (Å²) in [6.07, 6.45) is 0. The molecule has 2 rings (SSSR count). The van der Waals surface area contributed by atoms with Gasteiger partial charge in [-0.1, -0.05) is 30.3 Å². The number of hydrogen-bond acceptors (Lipinski definition) is 4. The lowest BCUT2D eigenvalue weighted by atomic mass is 10.1. The van der Waals surface area contributed by atoms with Crippen molar-refractivity contribution < 1.29 is 13.2 Å². The van der Waals surface area contributed by atoms with Crippen LogP contribution in [0.2, 0.25) is 0 Å². The molecule has 112 valence electrons. The number of methoxy groups -OCH3 is 1. The molecule has 21 heavy (non-hydrogen) atoms. The Labute approximate surface area is 124 Å². The largest absolute Gasteiger partial charge is 0.495 e. The molecule has 2 aromatic carbocycles. The van der Waals surface area contributed by atoms with E-state index in [4.69, 9.17) is 10.5 Å². The fraction of sp³-hybridized carbons (Fsp3) is 0.200. The van der Waals surface area contributed by atoms with Gasteiger partial charge in [0, 0.05) is 17.8 Å². The van der Waals surface area contributed by atoms with Crippen LogP contribution in [0.1, 0.15) is 18.5 Å². The van der Waals surface area contributed by atoms with Crippen LogP contribution >= 0.6 is 0 Å². The topological polar surface area (TPSA) is 81.4 Å². The van der Waals surface area contributed by atoms with Gasteiger partial charge < -0.3 is 10.5 Å². The SMILES string of the molecule is COc1cc(N)ccc1S(=O)(=O)N[C@H](C)c1ccccc1. The number of nitrogen functional groups attached to an aromatic ring is 1. The van der Waals surface area contributed by atoms with E-state index in [2.05, 4.69) is 4.72 Å². The fourth-order valence-electron chi connectivity index (χ4n) is 2.01. The van der Waals surface area contributed by atoms with Crippen molar-refractivity contribution in [2.24, 2.45) is 0 Å². The molecule has 5 nitrogen and oxygen atoms in total. The van der Waals surface area contributed by atoms with Crippen LogP contribution in [0, 0.1) is 0 Å². The van der Waals surface area contributed by atoms with E-state index in [9.17, 15) is 8.42 Å². The molecule has 0 aliphatic rings. The van der Waals surface area contributed by atoms with Crippen molar-refractivity contribution in [1.29, 1.82) is 0 Å². The first-order chi connectivity index (χ1) is 9.94. The third-order valence-corrected chi connectivity index (χ3v) is 4.69. The minimum Gasteiger partial charge on any atom is -0.495 e. The van der Waals surface area contributed by atoms with Gasteiger partial charge in [-0.15, -0.1) is 0 Å². The standard InChI is InChI=1S/C15H18N2O3S/c1-11(12-6-4-3-5-7-12)17-21(18,19)15-9-8-13(16)10-14(15)20-2/h3-11,17H,16H2,1-2H3/t11-/m1/s1. The maximum Gasteiger partial charge on any atom is 0.244 e. The van der Waals surface area contributed by atoms with E-state index in [1.54, 1.807) is 6.92 Å². The minimum atomic E-state index is -3.70. The quantitative estimate of drug-likeness (QED) is 0.831. The summed E-state index contributed by atoms with van der Waals surface area (Å²) in [5.41, 5.74) is 6.97. The Morgan fingerprint density at radius 1 is 1.14 bits per heavy atom. The van der Waals surface area contributed by atoms with E-state index >= 15 is 0 Å². The van der Waals surface area contributed by atoms with Crippen LogP contribution in [0.15, 0.2) is 53.4 Å². The number of benzene rings is 2. The van der Waals surface area contributed by atoms with E-state index < -0.39 is 10.0 Å². The van der Waals surface area contributed by atoms with Crippen LogP contribution in [-0.4, -0.2) is 15.5 Å². The van der Waals surface area contributed by atoms with Gasteiger partial charge in [0.25, 0.3) is 0 Å². The van der Waals surface area contributed by atoms with Gasteiger partial charge >= 0.3 is 0 Å². The molecule has 0 aromatic heterocycles. The molecule has 0 bridgehead atoms. The van der Waals surface area contributed by atoms with Crippen LogP contribution in [0.3, 0.4) is 0 Å². The monoisotopic (exact) mass is 306 g/mol. The maximum atomic E-state index is 12.5. The van der Waals surface area contributed by atoms with Crippen molar-refractivity contribution in [3.63, 3.8) is 0 Å². The second-order valence-electron chi connectivity index (χ2n) is 4.66. The Kier molecular flexibility index (Phi) is 4.50. The fourth-order valence-corrected chi connectivity index (χ4v) is 3.39. The Bertz CT molecular complexity index is 715. The van der Waals surface area contributed by atoms with Crippen molar-refractivity contribution in [1.82, 2.24) is 4.72 Å². The molecule has 0 saturated heterocycles. The molecule has 0 spiro atoms. The summed E-state index contributed by atoms with van der Waals surface area (Å²) in [6, 6.07) is 13.5. The third-order valence-electron chi connectivity index (χ3n) is 3.11. The normalized spacial score (nSPS) is 12.9. The summed E-state index contributed by atoms with van der Waals surface area (Å²) in [6.45, 7) is 1.79. The smallest absolute Gasteiger partial charge is 0.244 e. The lowest BCUT2D eigenvalue weighted by Gasteiger charge is -2.16. The average molecular weight is 306 g/mol. The number of nitrogens with two attached hydrogens (primary N) is 1. The van der Waals surface area contributed by atoms with Gasteiger partial charge in [0.2, 0.25) is 10.0 Å². The summed E-state index contributed by atoms with van der Waals surface area (Å²) >= 11 is 0. The summed E-state index contributed by atoms with van der Waals surface area (Å²) in [5, 5.41) is 0. The lowest BCUT2D eigenvalue weighted by molar-refractivity contribution is 0.402. The first-order valence-corrected chi connectivity index (χ1v) is 7.93. The summed E-state index contributed by atoms with van der Waals surface area (Å²) < 4.78 is 32.7. The van der Waals surface area contributed by atoms with Crippen LogP contribution in [0.5, 0.6) is 5.75 Å². The Morgan fingerprint density at radius 2 is 1.81 bits per heavy atom. The summed E-state index contributed by atoms with van der Waals surface area (Å²) in [5.74, 6) is 0.225. The Balaban J connectivity index is 2.31. The highest BCUT2D eigenvalue weighted by molar-refractivity contribution is 7.89. The predicted molar refractivity (Wildman–Crippen MR) is 82.6 cm³/mol. The number of nitrogens with one attached hydrogen (secondary N) is 1. The third kappa shape index (κ3) is 3.53. The van der Waals surface area contributed by atoms with Gasteiger partial charge in [0.1, 0.15) is 10.6 Å². The van der Waals surface area contributed by atoms with Gasteiger partial charge in [-0.3, -0.25) is 0 Å². The second kappa shape index (κ2) is 6.15. The van der Waals surface area contributed by atoms with E-state index in [-0.39, 0.29) is 16.7 Å². The number of sulfonamides is 1. The summed E-state index contributed by atoms with van der Waals surface area (Å²) in [7, 11) is -2.29. The maximum absolute atomic E-state index is 12.5. The van der Waals surface area contributed by atoms with Crippen molar-refractivity contribution in [2.75, 3.05) is 12.8 Å². The van der Waals surface area contributed by atoms with Crippen molar-refractivity contribution in [3.8, 4) is 5.75 Å². The highest BCUT2D eigenvalue weighted by atomic mass is 32.2. The highest BCUT2D eigenvalue weighted by Gasteiger charge is 2.22. The zero-order valence-electron chi connectivity index (χ0n) is 11.9. The van der Waals surface area contributed by atoms with Crippen molar-refractivity contribution in [2.45, 2.75) is 17.9 Å². The predicted octanol–water partition coefficient (Wildman–Crippen LogP) is 2.32. The van der Waals surface area contributed by atoms with Gasteiger partial charge in [-0.05, 0) is 24.6 Å². The van der Waals surface area contributed by atoms with Gasteiger partial charge in [-0.25, -0.2) is 13.1 Å². The lowest BCUT2D eigenvalue weighted by Crippen LogP contribution is -2.27. The number of rotatable bonds is 5.